The first-order chi connectivity index (χ1) is 15.0. The van der Waals surface area contributed by atoms with Crippen LogP contribution in [0.1, 0.15) is 28.4 Å². The summed E-state index contributed by atoms with van der Waals surface area (Å²) in [6, 6.07) is 19.1. The van der Waals surface area contributed by atoms with Crippen LogP contribution in [0.25, 0.3) is 11.3 Å². The Morgan fingerprint density at radius 3 is 2.74 bits per heavy atom. The minimum atomic E-state index is -0.389. The molecule has 6 heteroatoms. The van der Waals surface area contributed by atoms with Crippen LogP contribution >= 0.6 is 0 Å². The van der Waals surface area contributed by atoms with E-state index in [1.54, 1.807) is 12.1 Å². The number of benzene rings is 2. The van der Waals surface area contributed by atoms with Gasteiger partial charge in [-0.05, 0) is 37.6 Å². The molecule has 0 radical (unpaired) electrons. The number of carbonyl (C=O) groups excluding carboxylic acids is 1. The summed E-state index contributed by atoms with van der Waals surface area (Å²) in [6.07, 6.45) is 0.0630. The van der Waals surface area contributed by atoms with E-state index in [9.17, 15) is 9.59 Å². The first kappa shape index (κ1) is 20.9. The average Bonchev–Trinajstić information content (AvgIpc) is 2.91. The number of aryl methyl sites for hydroxylation is 1. The number of ether oxygens (including phenoxy) is 1. The zero-order chi connectivity index (χ0) is 21.8. The van der Waals surface area contributed by atoms with Crippen molar-refractivity contribution in [3.8, 4) is 17.0 Å². The van der Waals surface area contributed by atoms with Crippen LogP contribution in [-0.2, 0) is 6.54 Å². The van der Waals surface area contributed by atoms with E-state index in [1.807, 2.05) is 43.3 Å². The van der Waals surface area contributed by atoms with Gasteiger partial charge in [0.25, 0.3) is 11.5 Å². The van der Waals surface area contributed by atoms with Gasteiger partial charge in [0.15, 0.2) is 0 Å². The summed E-state index contributed by atoms with van der Waals surface area (Å²) in [5, 5.41) is 2.88. The number of fused-ring (bicyclic) bond motifs is 1. The number of pyridine rings is 1. The lowest BCUT2D eigenvalue weighted by Gasteiger charge is -2.21. The SMILES string of the molecule is Cc1ccc2c(c1)CN(CCNC(=O)c1ccc(-c3ccccc3)[nH]c1=O)CC(C)O2. The number of nitrogens with one attached hydrogen (secondary N) is 2. The molecular weight excluding hydrogens is 390 g/mol. The van der Waals surface area contributed by atoms with Crippen molar-refractivity contribution in [2.24, 2.45) is 0 Å². The van der Waals surface area contributed by atoms with Gasteiger partial charge in [0.1, 0.15) is 17.4 Å². The average molecular weight is 418 g/mol. The van der Waals surface area contributed by atoms with Gasteiger partial charge in [-0.15, -0.1) is 0 Å². The van der Waals surface area contributed by atoms with E-state index in [0.29, 0.717) is 18.8 Å². The van der Waals surface area contributed by atoms with Gasteiger partial charge < -0.3 is 15.0 Å². The van der Waals surface area contributed by atoms with Crippen molar-refractivity contribution in [3.05, 3.63) is 87.7 Å². The topological polar surface area (TPSA) is 74.4 Å². The van der Waals surface area contributed by atoms with E-state index in [1.165, 1.54) is 5.56 Å². The summed E-state index contributed by atoms with van der Waals surface area (Å²) >= 11 is 0. The maximum absolute atomic E-state index is 12.6. The maximum Gasteiger partial charge on any atom is 0.261 e. The molecule has 6 nitrogen and oxygen atoms in total. The van der Waals surface area contributed by atoms with Gasteiger partial charge in [0.2, 0.25) is 0 Å². The highest BCUT2D eigenvalue weighted by atomic mass is 16.5. The van der Waals surface area contributed by atoms with Crippen LogP contribution in [0.5, 0.6) is 5.75 Å². The van der Waals surface area contributed by atoms with Crippen molar-refractivity contribution in [3.63, 3.8) is 0 Å². The molecule has 0 bridgehead atoms. The maximum atomic E-state index is 12.6. The van der Waals surface area contributed by atoms with Gasteiger partial charge in [0.05, 0.1) is 0 Å². The molecule has 3 aromatic rings. The zero-order valence-corrected chi connectivity index (χ0v) is 17.9. The van der Waals surface area contributed by atoms with Gasteiger partial charge in [-0.1, -0.05) is 48.0 Å². The van der Waals surface area contributed by atoms with Crippen LogP contribution in [0.3, 0.4) is 0 Å². The van der Waals surface area contributed by atoms with E-state index in [0.717, 1.165) is 30.0 Å². The third-order valence-corrected chi connectivity index (χ3v) is 5.41. The number of aromatic nitrogens is 1. The third kappa shape index (κ3) is 5.03. The molecule has 2 aromatic carbocycles. The molecule has 2 heterocycles. The predicted octanol–water partition coefficient (Wildman–Crippen LogP) is 3.36. The first-order valence-electron chi connectivity index (χ1n) is 10.5. The summed E-state index contributed by atoms with van der Waals surface area (Å²) in [4.78, 5) is 30.1. The van der Waals surface area contributed by atoms with Gasteiger partial charge in [0, 0.05) is 37.4 Å². The minimum Gasteiger partial charge on any atom is -0.489 e. The Morgan fingerprint density at radius 1 is 1.16 bits per heavy atom. The van der Waals surface area contributed by atoms with Gasteiger partial charge in [-0.3, -0.25) is 14.5 Å². The van der Waals surface area contributed by atoms with Crippen molar-refractivity contribution in [1.29, 1.82) is 0 Å². The summed E-state index contributed by atoms with van der Waals surface area (Å²) in [5.41, 5.74) is 3.68. The summed E-state index contributed by atoms with van der Waals surface area (Å²) in [6.45, 7) is 6.78. The molecule has 1 aliphatic heterocycles. The van der Waals surface area contributed by atoms with E-state index >= 15 is 0 Å². The normalized spacial score (nSPS) is 16.1. The fourth-order valence-corrected chi connectivity index (χ4v) is 3.90. The van der Waals surface area contributed by atoms with Crippen molar-refractivity contribution in [1.82, 2.24) is 15.2 Å². The minimum absolute atomic E-state index is 0.0630. The smallest absolute Gasteiger partial charge is 0.261 e. The highest BCUT2D eigenvalue weighted by molar-refractivity contribution is 5.94. The second-order valence-electron chi connectivity index (χ2n) is 8.01. The summed E-state index contributed by atoms with van der Waals surface area (Å²) in [7, 11) is 0. The summed E-state index contributed by atoms with van der Waals surface area (Å²) in [5.74, 6) is 0.561. The third-order valence-electron chi connectivity index (χ3n) is 5.41. The van der Waals surface area contributed by atoms with Crippen LogP contribution in [0.15, 0.2) is 65.5 Å². The number of hydrogen-bond donors (Lipinski definition) is 2. The lowest BCUT2D eigenvalue weighted by Crippen LogP contribution is -2.39. The molecule has 0 fully saturated rings. The lowest BCUT2D eigenvalue weighted by molar-refractivity contribution is 0.0943. The highest BCUT2D eigenvalue weighted by Gasteiger charge is 2.20. The Morgan fingerprint density at radius 2 is 1.97 bits per heavy atom. The molecule has 1 atom stereocenters. The standard InChI is InChI=1S/C25H27N3O3/c1-17-8-11-23-20(14-17)16-28(15-18(2)31-23)13-12-26-24(29)21-9-10-22(27-25(21)30)19-6-4-3-5-7-19/h3-11,14,18H,12-13,15-16H2,1-2H3,(H,26,29)(H,27,30). The Bertz CT molecular complexity index is 1120. The fourth-order valence-electron chi connectivity index (χ4n) is 3.90. The van der Waals surface area contributed by atoms with Gasteiger partial charge in [-0.25, -0.2) is 0 Å². The number of nitrogens with zero attached hydrogens (tertiary/aromatic N) is 1. The largest absolute Gasteiger partial charge is 0.489 e. The Kier molecular flexibility index (Phi) is 6.18. The van der Waals surface area contributed by atoms with Crippen LogP contribution in [0, 0.1) is 6.92 Å². The van der Waals surface area contributed by atoms with Crippen LogP contribution in [-0.4, -0.2) is 41.5 Å². The number of aromatic amines is 1. The van der Waals surface area contributed by atoms with Gasteiger partial charge >= 0.3 is 0 Å². The molecule has 0 saturated carbocycles. The van der Waals surface area contributed by atoms with Crippen molar-refractivity contribution < 1.29 is 9.53 Å². The van der Waals surface area contributed by atoms with E-state index in [2.05, 4.69) is 34.3 Å². The molecular formula is C25H27N3O3. The van der Waals surface area contributed by atoms with Gasteiger partial charge in [-0.2, -0.15) is 0 Å². The van der Waals surface area contributed by atoms with Crippen LogP contribution < -0.4 is 15.6 Å². The Labute approximate surface area is 181 Å². The van der Waals surface area contributed by atoms with Crippen molar-refractivity contribution in [2.45, 2.75) is 26.5 Å². The fraction of sp³-hybridized carbons (Fsp3) is 0.280. The molecule has 31 heavy (non-hydrogen) atoms. The van der Waals surface area contributed by atoms with Crippen molar-refractivity contribution in [2.75, 3.05) is 19.6 Å². The zero-order valence-electron chi connectivity index (χ0n) is 17.9. The number of hydrogen-bond acceptors (Lipinski definition) is 4. The lowest BCUT2D eigenvalue weighted by atomic mass is 10.1. The van der Waals surface area contributed by atoms with Crippen molar-refractivity contribution >= 4 is 5.91 Å². The second-order valence-corrected chi connectivity index (χ2v) is 8.01. The first-order valence-corrected chi connectivity index (χ1v) is 10.5. The number of H-pyrrole nitrogens is 1. The van der Waals surface area contributed by atoms with Crippen LogP contribution in [0.2, 0.25) is 0 Å². The quantitative estimate of drug-likeness (QED) is 0.668. The van der Waals surface area contributed by atoms with E-state index in [-0.39, 0.29) is 23.1 Å². The molecule has 1 aliphatic rings. The molecule has 4 rings (SSSR count). The predicted molar refractivity (Wildman–Crippen MR) is 121 cm³/mol. The molecule has 1 amide bonds. The molecule has 0 aliphatic carbocycles. The molecule has 0 saturated heterocycles. The van der Waals surface area contributed by atoms with E-state index < -0.39 is 0 Å². The highest BCUT2D eigenvalue weighted by Crippen LogP contribution is 2.26. The molecule has 160 valence electrons. The number of rotatable bonds is 5. The molecule has 1 unspecified atom stereocenters. The summed E-state index contributed by atoms with van der Waals surface area (Å²) < 4.78 is 6.03. The monoisotopic (exact) mass is 417 g/mol. The number of amides is 1. The molecule has 0 spiro atoms. The van der Waals surface area contributed by atoms with Crippen LogP contribution in [0.4, 0.5) is 0 Å². The Balaban J connectivity index is 1.37. The molecule has 2 N–H and O–H groups in total. The number of carbonyl (C=O) groups is 1. The van der Waals surface area contributed by atoms with E-state index in [4.69, 9.17) is 4.74 Å². The Hall–Kier alpha value is -3.38. The molecule has 1 aromatic heterocycles. The second kappa shape index (κ2) is 9.18.